The molecule has 9 nitrogen and oxygen atoms in total. The molecule has 0 heterocycles. The Balaban J connectivity index is 0. The number of carboxylic acid groups (broad SMARTS) is 2. The van der Waals surface area contributed by atoms with Gasteiger partial charge in [0, 0.05) is 13.8 Å². The molecule has 0 saturated carbocycles. The van der Waals surface area contributed by atoms with E-state index in [4.69, 9.17) is 14.9 Å². The van der Waals surface area contributed by atoms with Crippen LogP contribution in [0.2, 0.25) is 0 Å². The summed E-state index contributed by atoms with van der Waals surface area (Å²) in [5, 5.41) is 26.4. The molecule has 3 N–H and O–H groups in total. The molecule has 0 aliphatic carbocycles. The Morgan fingerprint density at radius 1 is 0.774 bits per heavy atom. The van der Waals surface area contributed by atoms with Crippen LogP contribution in [0.15, 0.2) is 0 Å². The van der Waals surface area contributed by atoms with Gasteiger partial charge >= 0.3 is 23.9 Å². The maximum atomic E-state index is 10.7. The smallest absolute Gasteiger partial charge is 0.345 e. The van der Waals surface area contributed by atoms with Gasteiger partial charge in [0.2, 0.25) is 0 Å². The lowest BCUT2D eigenvalue weighted by Gasteiger charge is -2.11. The minimum Gasteiger partial charge on any atom is -0.481 e. The quantitative estimate of drug-likeness (QED) is 0.224. The highest BCUT2D eigenvalue weighted by Crippen LogP contribution is 2.10. The zero-order chi connectivity index (χ0) is 24.1. The summed E-state index contributed by atoms with van der Waals surface area (Å²) in [4.78, 5) is 41.9. The molecule has 9 heteroatoms. The maximum absolute atomic E-state index is 10.7. The van der Waals surface area contributed by atoms with Crippen molar-refractivity contribution >= 4 is 23.9 Å². The van der Waals surface area contributed by atoms with Crippen LogP contribution in [0.1, 0.15) is 97.8 Å². The molecule has 0 radical (unpaired) electrons. The van der Waals surface area contributed by atoms with Gasteiger partial charge in [-0.1, -0.05) is 51.9 Å². The lowest BCUT2D eigenvalue weighted by atomic mass is 10.1. The van der Waals surface area contributed by atoms with Gasteiger partial charge in [0.25, 0.3) is 0 Å². The monoisotopic (exact) mass is 448 g/mol. The van der Waals surface area contributed by atoms with Crippen LogP contribution in [-0.4, -0.2) is 58.0 Å². The molecule has 0 rings (SSSR count). The number of rotatable bonds is 17. The Morgan fingerprint density at radius 2 is 1.32 bits per heavy atom. The Hall–Kier alpha value is -2.16. The molecule has 2 atom stereocenters. The van der Waals surface area contributed by atoms with E-state index in [1.807, 2.05) is 0 Å². The predicted molar refractivity (Wildman–Crippen MR) is 115 cm³/mol. The molecule has 182 valence electrons. The summed E-state index contributed by atoms with van der Waals surface area (Å²) in [7, 11) is 0. The van der Waals surface area contributed by atoms with E-state index in [1.54, 1.807) is 0 Å². The van der Waals surface area contributed by atoms with Crippen molar-refractivity contribution in [3.8, 4) is 0 Å². The van der Waals surface area contributed by atoms with E-state index in [0.717, 1.165) is 51.4 Å². The minimum absolute atomic E-state index is 0.187. The summed E-state index contributed by atoms with van der Waals surface area (Å²) in [6, 6.07) is 0. The van der Waals surface area contributed by atoms with Gasteiger partial charge in [-0.3, -0.25) is 14.4 Å². The SMILES string of the molecule is CC(=O)OCCCCCCC(O)CC(=O)O.CCCCCCCC(OC(C)=O)C(=O)O. The molecule has 0 amide bonds. The van der Waals surface area contributed by atoms with E-state index in [2.05, 4.69) is 11.7 Å². The number of aliphatic carboxylic acids is 2. The molecule has 31 heavy (non-hydrogen) atoms. The fraction of sp³-hybridized carbons (Fsp3) is 0.818. The lowest BCUT2D eigenvalue weighted by Crippen LogP contribution is -2.25. The second-order valence-electron chi connectivity index (χ2n) is 7.43. The van der Waals surface area contributed by atoms with Gasteiger partial charge in [0.1, 0.15) is 0 Å². The molecule has 0 fully saturated rings. The summed E-state index contributed by atoms with van der Waals surface area (Å²) in [5.41, 5.74) is 0. The van der Waals surface area contributed by atoms with Crippen LogP contribution < -0.4 is 0 Å². The Labute approximate surface area is 185 Å². The van der Waals surface area contributed by atoms with Crippen molar-refractivity contribution in [3.05, 3.63) is 0 Å². The van der Waals surface area contributed by atoms with Crippen LogP contribution in [-0.2, 0) is 28.7 Å². The fourth-order valence-corrected chi connectivity index (χ4v) is 2.72. The molecule has 0 aromatic heterocycles. The first-order valence-corrected chi connectivity index (χ1v) is 11.0. The van der Waals surface area contributed by atoms with Crippen molar-refractivity contribution in [1.29, 1.82) is 0 Å². The van der Waals surface area contributed by atoms with Crippen molar-refractivity contribution in [2.75, 3.05) is 6.61 Å². The van der Waals surface area contributed by atoms with Crippen LogP contribution in [0.5, 0.6) is 0 Å². The van der Waals surface area contributed by atoms with Gasteiger partial charge in [0.15, 0.2) is 6.10 Å². The number of ether oxygens (including phenoxy) is 2. The molecule has 0 aromatic rings. The number of carboxylic acids is 2. The average Bonchev–Trinajstić information content (AvgIpc) is 2.65. The van der Waals surface area contributed by atoms with E-state index >= 15 is 0 Å². The standard InChI is InChI=1S/C11H20O5.C11H20O4/c1-9(12)16-7-5-3-2-4-6-10(13)8-11(14)15;1-3-4-5-6-7-8-10(11(13)14)15-9(2)12/h10,13H,2-8H2,1H3,(H,14,15);10H,3-8H2,1-2H3,(H,13,14). The number of aliphatic hydroxyl groups is 1. The zero-order valence-electron chi connectivity index (χ0n) is 19.1. The highest BCUT2D eigenvalue weighted by molar-refractivity contribution is 5.76. The largest absolute Gasteiger partial charge is 0.481 e. The Kier molecular flexibility index (Phi) is 21.1. The normalized spacial score (nSPS) is 12.1. The van der Waals surface area contributed by atoms with Crippen molar-refractivity contribution in [3.63, 3.8) is 0 Å². The predicted octanol–water partition coefficient (Wildman–Crippen LogP) is 3.70. The lowest BCUT2D eigenvalue weighted by molar-refractivity contribution is -0.163. The zero-order valence-corrected chi connectivity index (χ0v) is 19.1. The van der Waals surface area contributed by atoms with Crippen molar-refractivity contribution in [2.45, 2.75) is 110 Å². The topological polar surface area (TPSA) is 147 Å². The molecule has 0 bridgehead atoms. The van der Waals surface area contributed by atoms with Crippen molar-refractivity contribution < 1.29 is 44.0 Å². The number of aliphatic hydroxyl groups excluding tert-OH is 1. The molecular weight excluding hydrogens is 408 g/mol. The van der Waals surface area contributed by atoms with Crippen molar-refractivity contribution in [2.24, 2.45) is 0 Å². The third kappa shape index (κ3) is 25.8. The van der Waals surface area contributed by atoms with Gasteiger partial charge in [-0.15, -0.1) is 0 Å². The summed E-state index contributed by atoms with van der Waals surface area (Å²) in [6.45, 7) is 5.17. The van der Waals surface area contributed by atoms with E-state index in [1.165, 1.54) is 20.3 Å². The first kappa shape index (κ1) is 31.0. The minimum atomic E-state index is -1.05. The van der Waals surface area contributed by atoms with Crippen LogP contribution in [0, 0.1) is 0 Å². The van der Waals surface area contributed by atoms with Crippen LogP contribution in [0.4, 0.5) is 0 Å². The molecule has 2 unspecified atom stereocenters. The highest BCUT2D eigenvalue weighted by Gasteiger charge is 2.19. The Bertz CT molecular complexity index is 505. The van der Waals surface area contributed by atoms with Crippen molar-refractivity contribution in [1.82, 2.24) is 0 Å². The molecule has 0 spiro atoms. The number of esters is 2. The van der Waals surface area contributed by atoms with E-state index < -0.39 is 30.1 Å². The summed E-state index contributed by atoms with van der Waals surface area (Å²) in [5.74, 6) is -2.82. The van der Waals surface area contributed by atoms with Gasteiger partial charge in [0.05, 0.1) is 19.1 Å². The first-order valence-electron chi connectivity index (χ1n) is 11.0. The number of hydrogen-bond acceptors (Lipinski definition) is 7. The second-order valence-corrected chi connectivity index (χ2v) is 7.43. The maximum Gasteiger partial charge on any atom is 0.345 e. The molecule has 0 aliphatic rings. The molecule has 0 aromatic carbocycles. The van der Waals surface area contributed by atoms with Gasteiger partial charge in [-0.05, 0) is 25.7 Å². The van der Waals surface area contributed by atoms with E-state index in [9.17, 15) is 24.3 Å². The molecular formula is C22H40O9. The number of hydrogen-bond donors (Lipinski definition) is 3. The van der Waals surface area contributed by atoms with Crippen LogP contribution in [0.3, 0.4) is 0 Å². The second kappa shape index (κ2) is 21.1. The highest BCUT2D eigenvalue weighted by atomic mass is 16.6. The summed E-state index contributed by atoms with van der Waals surface area (Å²) >= 11 is 0. The summed E-state index contributed by atoms with van der Waals surface area (Å²) < 4.78 is 9.44. The number of carbonyl (C=O) groups is 4. The van der Waals surface area contributed by atoms with Gasteiger partial charge in [-0.2, -0.15) is 0 Å². The van der Waals surface area contributed by atoms with Gasteiger partial charge < -0.3 is 24.8 Å². The fourth-order valence-electron chi connectivity index (χ4n) is 2.72. The van der Waals surface area contributed by atoms with Crippen LogP contribution in [0.25, 0.3) is 0 Å². The molecule has 0 aliphatic heterocycles. The molecule has 0 saturated heterocycles. The number of carbonyl (C=O) groups excluding carboxylic acids is 2. The van der Waals surface area contributed by atoms with E-state index in [-0.39, 0.29) is 12.4 Å². The Morgan fingerprint density at radius 3 is 1.81 bits per heavy atom. The van der Waals surface area contributed by atoms with Crippen LogP contribution >= 0.6 is 0 Å². The third-order valence-electron chi connectivity index (χ3n) is 4.30. The van der Waals surface area contributed by atoms with E-state index in [0.29, 0.717) is 19.4 Å². The summed E-state index contributed by atoms with van der Waals surface area (Å²) in [6.07, 6.45) is 7.72. The third-order valence-corrected chi connectivity index (χ3v) is 4.30. The first-order chi connectivity index (χ1) is 14.6. The average molecular weight is 449 g/mol. The van der Waals surface area contributed by atoms with Gasteiger partial charge in [-0.25, -0.2) is 4.79 Å². The number of unbranched alkanes of at least 4 members (excludes halogenated alkanes) is 7.